The molecule has 1 aromatic carbocycles. The number of rotatable bonds is 6. The second-order valence-corrected chi connectivity index (χ2v) is 5.11. The molecule has 1 rings (SSSR count). The van der Waals surface area contributed by atoms with Gasteiger partial charge in [0.1, 0.15) is 5.82 Å². The maximum atomic E-state index is 12.8. The summed E-state index contributed by atoms with van der Waals surface area (Å²) in [5.74, 6) is 0.531. The molecule has 6 heteroatoms. The van der Waals surface area contributed by atoms with Gasteiger partial charge in [0.05, 0.1) is 17.1 Å². The van der Waals surface area contributed by atoms with Gasteiger partial charge in [-0.05, 0) is 29.9 Å². The van der Waals surface area contributed by atoms with Crippen LogP contribution in [0.15, 0.2) is 18.2 Å². The number of anilines is 2. The fourth-order valence-electron chi connectivity index (χ4n) is 1.24. The molecule has 1 unspecified atom stereocenters. The van der Waals surface area contributed by atoms with Gasteiger partial charge in [0.25, 0.3) is 0 Å². The third kappa shape index (κ3) is 4.93. The van der Waals surface area contributed by atoms with Crippen molar-refractivity contribution in [2.75, 3.05) is 29.2 Å². The molecule has 0 saturated heterocycles. The lowest BCUT2D eigenvalue weighted by Gasteiger charge is -2.09. The van der Waals surface area contributed by atoms with Crippen molar-refractivity contribution in [1.29, 1.82) is 0 Å². The van der Waals surface area contributed by atoms with Gasteiger partial charge in [-0.2, -0.15) is 11.8 Å². The largest absolute Gasteiger partial charge is 0.397 e. The molecule has 0 saturated carbocycles. The summed E-state index contributed by atoms with van der Waals surface area (Å²) >= 11 is 1.44. The molecule has 0 aliphatic rings. The van der Waals surface area contributed by atoms with Crippen LogP contribution in [0.3, 0.4) is 0 Å². The lowest BCUT2D eigenvalue weighted by Crippen LogP contribution is -2.16. The van der Waals surface area contributed by atoms with Gasteiger partial charge in [-0.25, -0.2) is 4.39 Å². The lowest BCUT2D eigenvalue weighted by atomic mass is 10.2. The summed E-state index contributed by atoms with van der Waals surface area (Å²) in [6.07, 6.45) is 0. The first kappa shape index (κ1) is 14.8. The topological polar surface area (TPSA) is 75.3 Å². The second kappa shape index (κ2) is 7.23. The fraction of sp³-hybridized carbons (Fsp3) is 0.417. The molecule has 1 atom stereocenters. The maximum absolute atomic E-state index is 12.8. The third-order valence-electron chi connectivity index (χ3n) is 2.23. The van der Waals surface area contributed by atoms with Gasteiger partial charge in [0.2, 0.25) is 5.91 Å². The van der Waals surface area contributed by atoms with E-state index in [4.69, 9.17) is 10.8 Å². The first-order valence-corrected chi connectivity index (χ1v) is 6.72. The van der Waals surface area contributed by atoms with Crippen LogP contribution in [-0.4, -0.2) is 29.1 Å². The number of nitrogens with two attached hydrogens (primary N) is 1. The summed E-state index contributed by atoms with van der Waals surface area (Å²) in [5.41, 5.74) is 6.19. The minimum atomic E-state index is -0.434. The number of benzene rings is 1. The van der Waals surface area contributed by atoms with Crippen LogP contribution in [0.1, 0.15) is 6.92 Å². The number of carbonyl (C=O) groups is 1. The molecule has 0 radical (unpaired) electrons. The molecule has 0 bridgehead atoms. The molecule has 1 amide bonds. The zero-order valence-electron chi connectivity index (χ0n) is 10.1. The van der Waals surface area contributed by atoms with Gasteiger partial charge >= 0.3 is 0 Å². The van der Waals surface area contributed by atoms with E-state index in [1.165, 1.54) is 23.9 Å². The molecular weight excluding hydrogens is 255 g/mol. The average molecular weight is 272 g/mol. The van der Waals surface area contributed by atoms with E-state index in [0.717, 1.165) is 6.07 Å². The molecule has 4 nitrogen and oxygen atoms in total. The Morgan fingerprint density at radius 2 is 2.33 bits per heavy atom. The van der Waals surface area contributed by atoms with E-state index in [9.17, 15) is 9.18 Å². The number of amides is 1. The van der Waals surface area contributed by atoms with Crippen molar-refractivity contribution in [2.24, 2.45) is 5.92 Å². The zero-order chi connectivity index (χ0) is 13.5. The van der Waals surface area contributed by atoms with E-state index < -0.39 is 5.82 Å². The number of carbonyl (C=O) groups excluding carboxylic acids is 1. The number of hydrogen-bond donors (Lipinski definition) is 3. The highest BCUT2D eigenvalue weighted by atomic mass is 32.2. The highest BCUT2D eigenvalue weighted by Crippen LogP contribution is 2.19. The number of aliphatic hydroxyl groups is 1. The Kier molecular flexibility index (Phi) is 5.94. The Morgan fingerprint density at radius 3 is 2.94 bits per heavy atom. The van der Waals surface area contributed by atoms with Crippen LogP contribution in [0.2, 0.25) is 0 Å². The van der Waals surface area contributed by atoms with E-state index in [1.807, 2.05) is 6.92 Å². The summed E-state index contributed by atoms with van der Waals surface area (Å²) in [7, 11) is 0. The van der Waals surface area contributed by atoms with E-state index in [2.05, 4.69) is 5.32 Å². The van der Waals surface area contributed by atoms with Crippen LogP contribution in [-0.2, 0) is 4.79 Å². The Labute approximate surface area is 110 Å². The molecule has 0 aliphatic heterocycles. The normalized spacial score (nSPS) is 12.2. The van der Waals surface area contributed by atoms with E-state index in [0.29, 0.717) is 11.4 Å². The van der Waals surface area contributed by atoms with Crippen molar-refractivity contribution >= 4 is 29.0 Å². The van der Waals surface area contributed by atoms with Gasteiger partial charge in [-0.3, -0.25) is 4.79 Å². The van der Waals surface area contributed by atoms with Gasteiger partial charge in [-0.15, -0.1) is 0 Å². The number of halogens is 1. The molecule has 4 N–H and O–H groups in total. The number of nitrogen functional groups attached to an aromatic ring is 1. The maximum Gasteiger partial charge on any atom is 0.234 e. The third-order valence-corrected chi connectivity index (χ3v) is 3.51. The van der Waals surface area contributed by atoms with Crippen molar-refractivity contribution < 1.29 is 14.3 Å². The van der Waals surface area contributed by atoms with Crippen molar-refractivity contribution in [3.05, 3.63) is 24.0 Å². The van der Waals surface area contributed by atoms with Crippen molar-refractivity contribution in [3.63, 3.8) is 0 Å². The predicted molar refractivity (Wildman–Crippen MR) is 73.0 cm³/mol. The Morgan fingerprint density at radius 1 is 1.61 bits per heavy atom. The van der Waals surface area contributed by atoms with Gasteiger partial charge < -0.3 is 16.2 Å². The fourth-order valence-corrected chi connectivity index (χ4v) is 2.12. The number of aliphatic hydroxyl groups excluding tert-OH is 1. The molecular formula is C12H17FN2O2S. The summed E-state index contributed by atoms with van der Waals surface area (Å²) in [6.45, 7) is 2.02. The predicted octanol–water partition coefficient (Wildman–Crippen LogP) is 1.71. The first-order valence-electron chi connectivity index (χ1n) is 5.56. The van der Waals surface area contributed by atoms with E-state index in [-0.39, 0.29) is 29.9 Å². The Balaban J connectivity index is 2.40. The summed E-state index contributed by atoms with van der Waals surface area (Å²) < 4.78 is 12.8. The lowest BCUT2D eigenvalue weighted by molar-refractivity contribution is -0.113. The smallest absolute Gasteiger partial charge is 0.234 e. The van der Waals surface area contributed by atoms with Crippen LogP contribution >= 0.6 is 11.8 Å². The highest BCUT2D eigenvalue weighted by molar-refractivity contribution is 7.99. The minimum Gasteiger partial charge on any atom is -0.397 e. The van der Waals surface area contributed by atoms with Crippen LogP contribution in [0.4, 0.5) is 15.8 Å². The van der Waals surface area contributed by atoms with E-state index in [1.54, 1.807) is 0 Å². The van der Waals surface area contributed by atoms with Crippen LogP contribution in [0.25, 0.3) is 0 Å². The summed E-state index contributed by atoms with van der Waals surface area (Å²) in [5, 5.41) is 11.4. The standard InChI is InChI=1S/C12H17FN2O2S/c1-8(5-16)6-18-7-12(17)15-11-3-2-9(13)4-10(11)14/h2-4,8,16H,5-7,14H2,1H3,(H,15,17). The molecule has 18 heavy (non-hydrogen) atoms. The van der Waals surface area contributed by atoms with Gasteiger partial charge in [-0.1, -0.05) is 6.92 Å². The van der Waals surface area contributed by atoms with Gasteiger partial charge in [0, 0.05) is 6.61 Å². The van der Waals surface area contributed by atoms with Crippen molar-refractivity contribution in [2.45, 2.75) is 6.92 Å². The quantitative estimate of drug-likeness (QED) is 0.689. The SMILES string of the molecule is CC(CO)CSCC(=O)Nc1ccc(F)cc1N. The molecule has 1 aromatic rings. The highest BCUT2D eigenvalue weighted by Gasteiger charge is 2.07. The summed E-state index contributed by atoms with van der Waals surface area (Å²) in [4.78, 5) is 11.6. The number of hydrogen-bond acceptors (Lipinski definition) is 4. The monoisotopic (exact) mass is 272 g/mol. The zero-order valence-corrected chi connectivity index (χ0v) is 11.0. The molecule has 100 valence electrons. The van der Waals surface area contributed by atoms with E-state index >= 15 is 0 Å². The number of nitrogens with one attached hydrogen (secondary N) is 1. The van der Waals surface area contributed by atoms with Crippen LogP contribution in [0, 0.1) is 11.7 Å². The molecule has 0 aliphatic carbocycles. The number of thioether (sulfide) groups is 1. The Bertz CT molecular complexity index is 415. The molecule has 0 fully saturated rings. The second-order valence-electron chi connectivity index (χ2n) is 4.08. The molecule has 0 heterocycles. The van der Waals surface area contributed by atoms with Crippen LogP contribution in [0.5, 0.6) is 0 Å². The van der Waals surface area contributed by atoms with Crippen molar-refractivity contribution in [1.82, 2.24) is 0 Å². The average Bonchev–Trinajstić information content (AvgIpc) is 2.32. The summed E-state index contributed by atoms with van der Waals surface area (Å²) in [6, 6.07) is 3.84. The van der Waals surface area contributed by atoms with Crippen molar-refractivity contribution in [3.8, 4) is 0 Å². The van der Waals surface area contributed by atoms with Crippen LogP contribution < -0.4 is 11.1 Å². The molecule has 0 aromatic heterocycles. The minimum absolute atomic E-state index is 0.111. The molecule has 0 spiro atoms. The Hall–Kier alpha value is -1.27. The first-order chi connectivity index (χ1) is 8.52. The van der Waals surface area contributed by atoms with Gasteiger partial charge in [0.15, 0.2) is 0 Å².